The van der Waals surface area contributed by atoms with Crippen LogP contribution in [0.1, 0.15) is 63.5 Å². The number of hydrogen-bond acceptors (Lipinski definition) is 4. The molecule has 0 amide bonds. The van der Waals surface area contributed by atoms with E-state index in [1.807, 2.05) is 13.8 Å². The third kappa shape index (κ3) is 2.43. The van der Waals surface area contributed by atoms with Gasteiger partial charge < -0.3 is 14.3 Å². The molecule has 0 bridgehead atoms. The molecule has 1 N–H and O–H groups in total. The summed E-state index contributed by atoms with van der Waals surface area (Å²) in [6.07, 6.45) is 5.41. The summed E-state index contributed by atoms with van der Waals surface area (Å²) in [4.78, 5) is 12.2. The molecule has 132 valence electrons. The summed E-state index contributed by atoms with van der Waals surface area (Å²) < 4.78 is 11.4. The molecule has 1 saturated carbocycles. The molecule has 5 atom stereocenters. The number of carbonyl (C=O) groups excluding carboxylic acids is 1. The number of hydrogen-bond donors (Lipinski definition) is 1. The molecular formula is C20H28O4. The van der Waals surface area contributed by atoms with E-state index in [1.54, 1.807) is 19.3 Å². The molecule has 0 aliphatic heterocycles. The molecule has 1 aromatic heterocycles. The summed E-state index contributed by atoms with van der Waals surface area (Å²) in [5.41, 5.74) is 2.27. The largest absolute Gasteiger partial charge is 0.469 e. The van der Waals surface area contributed by atoms with Crippen LogP contribution < -0.4 is 0 Å². The minimum absolute atomic E-state index is 0.0855. The van der Waals surface area contributed by atoms with Gasteiger partial charge in [-0.2, -0.15) is 0 Å². The van der Waals surface area contributed by atoms with Gasteiger partial charge in [-0.25, -0.2) is 4.79 Å². The van der Waals surface area contributed by atoms with Crippen LogP contribution in [-0.4, -0.2) is 17.2 Å². The Kier molecular flexibility index (Phi) is 4.37. The Morgan fingerprint density at radius 2 is 2.17 bits per heavy atom. The van der Waals surface area contributed by atoms with Gasteiger partial charge in [0.15, 0.2) is 0 Å². The maximum atomic E-state index is 12.2. The minimum Gasteiger partial charge on any atom is -0.469 e. The van der Waals surface area contributed by atoms with Crippen molar-refractivity contribution in [3.63, 3.8) is 0 Å². The van der Waals surface area contributed by atoms with Gasteiger partial charge in [0, 0.05) is 28.9 Å². The van der Waals surface area contributed by atoms with Crippen molar-refractivity contribution in [2.24, 2.45) is 17.3 Å². The molecule has 24 heavy (non-hydrogen) atoms. The molecule has 0 radical (unpaired) electrons. The highest BCUT2D eigenvalue weighted by molar-refractivity contribution is 5.87. The molecule has 3 rings (SSSR count). The number of aliphatic hydroxyl groups is 1. The van der Waals surface area contributed by atoms with Crippen LogP contribution in [-0.2, 0) is 16.0 Å². The molecule has 0 unspecified atom stereocenters. The molecule has 0 aromatic carbocycles. The average molecular weight is 332 g/mol. The highest BCUT2D eigenvalue weighted by Gasteiger charge is 2.55. The fraction of sp³-hybridized carbons (Fsp3) is 0.650. The summed E-state index contributed by atoms with van der Waals surface area (Å²) in [5.74, 6) is 1.11. The van der Waals surface area contributed by atoms with Crippen LogP contribution in [0.4, 0.5) is 0 Å². The summed E-state index contributed by atoms with van der Waals surface area (Å²) >= 11 is 0. The first-order valence-electron chi connectivity index (χ1n) is 8.89. The minimum atomic E-state index is -0.579. The van der Waals surface area contributed by atoms with Gasteiger partial charge in [0.1, 0.15) is 11.9 Å². The second kappa shape index (κ2) is 6.07. The fourth-order valence-corrected chi connectivity index (χ4v) is 4.57. The molecule has 1 aromatic rings. The normalized spacial score (nSPS) is 36.0. The van der Waals surface area contributed by atoms with E-state index >= 15 is 0 Å². The maximum absolute atomic E-state index is 12.2. The third-order valence-corrected chi connectivity index (χ3v) is 6.63. The zero-order valence-electron chi connectivity index (χ0n) is 15.3. The third-order valence-electron chi connectivity index (χ3n) is 6.63. The van der Waals surface area contributed by atoms with Crippen LogP contribution in [0.2, 0.25) is 0 Å². The van der Waals surface area contributed by atoms with Gasteiger partial charge in [0.05, 0.1) is 12.4 Å². The first-order valence-corrected chi connectivity index (χ1v) is 8.89. The molecule has 4 heteroatoms. The van der Waals surface area contributed by atoms with Crippen LogP contribution >= 0.6 is 0 Å². The predicted molar refractivity (Wildman–Crippen MR) is 91.4 cm³/mol. The van der Waals surface area contributed by atoms with Gasteiger partial charge >= 0.3 is 5.97 Å². The Hall–Kier alpha value is -1.55. The van der Waals surface area contributed by atoms with Crippen LogP contribution in [0.5, 0.6) is 0 Å². The number of rotatable bonds is 2. The lowest BCUT2D eigenvalue weighted by molar-refractivity contribution is -0.168. The van der Waals surface area contributed by atoms with Crippen molar-refractivity contribution < 1.29 is 19.1 Å². The van der Waals surface area contributed by atoms with Crippen LogP contribution in [0, 0.1) is 24.2 Å². The van der Waals surface area contributed by atoms with Crippen LogP contribution in [0.25, 0.3) is 0 Å². The number of aryl methyl sites for hydroxylation is 1. The SMILES string of the molecule is CC=C(C)C(=O)O[C@H]1CC[C@H]2Cc3occ(C)c3[C@@H](O)[C@]2(C)[C@H]1C. The van der Waals surface area contributed by atoms with Gasteiger partial charge in [-0.05, 0) is 45.1 Å². The quantitative estimate of drug-likeness (QED) is 0.654. The van der Waals surface area contributed by atoms with Crippen LogP contribution in [0.3, 0.4) is 0 Å². The van der Waals surface area contributed by atoms with Gasteiger partial charge in [-0.15, -0.1) is 0 Å². The van der Waals surface area contributed by atoms with Crippen molar-refractivity contribution >= 4 is 5.97 Å². The van der Waals surface area contributed by atoms with Crippen molar-refractivity contribution in [1.29, 1.82) is 0 Å². The lowest BCUT2D eigenvalue weighted by atomic mass is 9.53. The monoisotopic (exact) mass is 332 g/mol. The van der Waals surface area contributed by atoms with Gasteiger partial charge in [0.2, 0.25) is 0 Å². The average Bonchev–Trinajstić information content (AvgIpc) is 2.93. The van der Waals surface area contributed by atoms with Crippen LogP contribution in [0.15, 0.2) is 22.3 Å². The van der Waals surface area contributed by atoms with Crippen molar-refractivity contribution in [2.45, 2.75) is 66.1 Å². The van der Waals surface area contributed by atoms with E-state index in [0.29, 0.717) is 11.5 Å². The first-order chi connectivity index (χ1) is 11.3. The van der Waals surface area contributed by atoms with E-state index in [0.717, 1.165) is 36.1 Å². The topological polar surface area (TPSA) is 59.7 Å². The number of fused-ring (bicyclic) bond motifs is 2. The van der Waals surface area contributed by atoms with Crippen molar-refractivity contribution in [1.82, 2.24) is 0 Å². The number of furan rings is 1. The van der Waals surface area contributed by atoms with Gasteiger partial charge in [-0.1, -0.05) is 19.9 Å². The molecule has 0 spiro atoms. The smallest absolute Gasteiger partial charge is 0.333 e. The summed E-state index contributed by atoms with van der Waals surface area (Å²) in [6, 6.07) is 0. The summed E-state index contributed by atoms with van der Waals surface area (Å²) in [7, 11) is 0. The van der Waals surface area contributed by atoms with Crippen molar-refractivity contribution in [3.8, 4) is 0 Å². The number of allylic oxidation sites excluding steroid dienone is 1. The highest BCUT2D eigenvalue weighted by Crippen LogP contribution is 2.58. The number of carbonyl (C=O) groups is 1. The Balaban J connectivity index is 1.89. The zero-order chi connectivity index (χ0) is 17.6. The number of ether oxygens (including phenoxy) is 1. The van der Waals surface area contributed by atoms with Gasteiger partial charge in [0.25, 0.3) is 0 Å². The lowest BCUT2D eigenvalue weighted by Gasteiger charge is -2.53. The number of aliphatic hydroxyl groups excluding tert-OH is 1. The first kappa shape index (κ1) is 17.3. The highest BCUT2D eigenvalue weighted by atomic mass is 16.5. The standard InChI is InChI=1S/C20H28O4/c1-6-11(2)19(22)24-15-8-7-14-9-16-17(12(3)10-23-16)18(21)20(14,5)13(15)4/h6,10,13-15,18,21H,7-9H2,1-5H3/t13-,14-,15-,18+,20+/m0/s1. The lowest BCUT2D eigenvalue weighted by Crippen LogP contribution is -2.52. The Labute approximate surface area is 143 Å². The predicted octanol–water partition coefficient (Wildman–Crippen LogP) is 4.11. The van der Waals surface area contributed by atoms with E-state index in [2.05, 4.69) is 13.8 Å². The van der Waals surface area contributed by atoms with E-state index in [9.17, 15) is 9.90 Å². The number of esters is 1. The molecule has 0 saturated heterocycles. The van der Waals surface area contributed by atoms with E-state index in [1.165, 1.54) is 0 Å². The molecule has 4 nitrogen and oxygen atoms in total. The maximum Gasteiger partial charge on any atom is 0.333 e. The van der Waals surface area contributed by atoms with Crippen molar-refractivity contribution in [3.05, 3.63) is 34.8 Å². The molecule has 1 heterocycles. The van der Waals surface area contributed by atoms with Gasteiger partial charge in [-0.3, -0.25) is 0 Å². The second-order valence-electron chi connectivity index (χ2n) is 7.71. The molecule has 1 fully saturated rings. The summed E-state index contributed by atoms with van der Waals surface area (Å²) in [6.45, 7) is 9.85. The second-order valence-corrected chi connectivity index (χ2v) is 7.71. The molecular weight excluding hydrogens is 304 g/mol. The van der Waals surface area contributed by atoms with E-state index < -0.39 is 6.10 Å². The van der Waals surface area contributed by atoms with E-state index in [4.69, 9.17) is 9.15 Å². The summed E-state index contributed by atoms with van der Waals surface area (Å²) in [5, 5.41) is 11.2. The molecule has 2 aliphatic carbocycles. The Morgan fingerprint density at radius 1 is 1.46 bits per heavy atom. The van der Waals surface area contributed by atoms with E-state index in [-0.39, 0.29) is 23.4 Å². The molecule has 2 aliphatic rings. The zero-order valence-corrected chi connectivity index (χ0v) is 15.3. The Morgan fingerprint density at radius 3 is 2.83 bits per heavy atom. The fourth-order valence-electron chi connectivity index (χ4n) is 4.57. The Bertz CT molecular complexity index is 671. The van der Waals surface area contributed by atoms with Crippen molar-refractivity contribution in [2.75, 3.05) is 0 Å².